The lowest BCUT2D eigenvalue weighted by Gasteiger charge is -2.16. The minimum absolute atomic E-state index is 0.0437. The molecule has 0 spiro atoms. The van der Waals surface area contributed by atoms with Crippen molar-refractivity contribution in [1.82, 2.24) is 5.32 Å². The van der Waals surface area contributed by atoms with E-state index in [4.69, 9.17) is 28.6 Å². The fourth-order valence-electron chi connectivity index (χ4n) is 1.27. The molecule has 0 saturated carbocycles. The van der Waals surface area contributed by atoms with Crippen LogP contribution in [0.2, 0.25) is 5.02 Å². The Kier molecular flexibility index (Phi) is 5.61. The van der Waals surface area contributed by atoms with Crippen LogP contribution in [-0.4, -0.2) is 24.9 Å². The summed E-state index contributed by atoms with van der Waals surface area (Å²) in [4.78, 5) is 0. The van der Waals surface area contributed by atoms with Crippen molar-refractivity contribution in [2.75, 3.05) is 19.0 Å². The molecule has 1 aromatic carbocycles. The average molecular weight is 277 g/mol. The highest BCUT2D eigenvalue weighted by Gasteiger charge is 2.09. The number of nitrogens with one attached hydrogen (secondary N) is 2. The van der Waals surface area contributed by atoms with E-state index in [2.05, 4.69) is 10.6 Å². The van der Waals surface area contributed by atoms with Crippen LogP contribution in [0.3, 0.4) is 0 Å². The Balaban J connectivity index is 2.59. The van der Waals surface area contributed by atoms with Crippen molar-refractivity contribution in [1.29, 1.82) is 0 Å². The normalized spacial score (nSPS) is 12.0. The summed E-state index contributed by atoms with van der Waals surface area (Å²) in [6.07, 6.45) is 0. The van der Waals surface area contributed by atoms with E-state index in [1.807, 2.05) is 6.92 Å². The van der Waals surface area contributed by atoms with Crippen LogP contribution < -0.4 is 10.6 Å². The third-order valence-electron chi connectivity index (χ3n) is 1.99. The highest BCUT2D eigenvalue weighted by atomic mass is 35.5. The zero-order valence-corrected chi connectivity index (χ0v) is 11.2. The van der Waals surface area contributed by atoms with Crippen molar-refractivity contribution in [2.24, 2.45) is 0 Å². The molecule has 2 N–H and O–H groups in total. The SMILES string of the molecule is COCC(C)NC(=S)Nc1cccc(Cl)c1F. The highest BCUT2D eigenvalue weighted by Crippen LogP contribution is 2.21. The van der Waals surface area contributed by atoms with Crippen molar-refractivity contribution < 1.29 is 9.13 Å². The predicted molar refractivity (Wildman–Crippen MR) is 72.1 cm³/mol. The molecule has 3 nitrogen and oxygen atoms in total. The first-order valence-electron chi connectivity index (χ1n) is 5.05. The van der Waals surface area contributed by atoms with Gasteiger partial charge in [0, 0.05) is 13.2 Å². The molecule has 0 amide bonds. The van der Waals surface area contributed by atoms with Crippen molar-refractivity contribution in [3.05, 3.63) is 29.0 Å². The molecular formula is C11H14ClFN2OS. The molecule has 0 heterocycles. The first-order valence-corrected chi connectivity index (χ1v) is 5.83. The third-order valence-corrected chi connectivity index (χ3v) is 2.51. The molecule has 1 aromatic rings. The summed E-state index contributed by atoms with van der Waals surface area (Å²) >= 11 is 10.7. The molecule has 0 fully saturated rings. The third kappa shape index (κ3) is 4.46. The Labute approximate surface area is 110 Å². The molecule has 0 aliphatic carbocycles. The van der Waals surface area contributed by atoms with Gasteiger partial charge < -0.3 is 15.4 Å². The van der Waals surface area contributed by atoms with Gasteiger partial charge in [-0.1, -0.05) is 17.7 Å². The molecule has 0 aromatic heterocycles. The summed E-state index contributed by atoms with van der Waals surface area (Å²) in [6, 6.07) is 4.74. The number of hydrogen-bond acceptors (Lipinski definition) is 2. The molecule has 1 rings (SSSR count). The van der Waals surface area contributed by atoms with Crippen LogP contribution in [0, 0.1) is 5.82 Å². The number of thiocarbonyl (C=S) groups is 1. The van der Waals surface area contributed by atoms with Crippen molar-refractivity contribution in [2.45, 2.75) is 13.0 Å². The Morgan fingerprint density at radius 1 is 1.59 bits per heavy atom. The Hall–Kier alpha value is -0.910. The van der Waals surface area contributed by atoms with Crippen LogP contribution in [0.1, 0.15) is 6.92 Å². The van der Waals surface area contributed by atoms with E-state index in [0.29, 0.717) is 11.7 Å². The molecule has 0 radical (unpaired) electrons. The Morgan fingerprint density at radius 2 is 2.29 bits per heavy atom. The minimum atomic E-state index is -0.516. The van der Waals surface area contributed by atoms with Gasteiger partial charge in [-0.05, 0) is 31.3 Å². The Morgan fingerprint density at radius 3 is 2.94 bits per heavy atom. The van der Waals surface area contributed by atoms with Crippen LogP contribution >= 0.6 is 23.8 Å². The molecular weight excluding hydrogens is 263 g/mol. The molecule has 0 saturated heterocycles. The summed E-state index contributed by atoms with van der Waals surface area (Å²) in [5.41, 5.74) is 0.250. The number of benzene rings is 1. The first-order chi connectivity index (χ1) is 8.04. The summed E-state index contributed by atoms with van der Waals surface area (Å²) in [6.45, 7) is 2.42. The highest BCUT2D eigenvalue weighted by molar-refractivity contribution is 7.80. The van der Waals surface area contributed by atoms with Crippen LogP contribution in [0.4, 0.5) is 10.1 Å². The van der Waals surface area contributed by atoms with Crippen LogP contribution in [0.5, 0.6) is 0 Å². The van der Waals surface area contributed by atoms with Crippen LogP contribution in [-0.2, 0) is 4.74 Å². The molecule has 0 bridgehead atoms. The van der Waals surface area contributed by atoms with Crippen molar-refractivity contribution in [3.8, 4) is 0 Å². The monoisotopic (exact) mass is 276 g/mol. The maximum Gasteiger partial charge on any atom is 0.171 e. The van der Waals surface area contributed by atoms with Gasteiger partial charge in [-0.25, -0.2) is 4.39 Å². The van der Waals surface area contributed by atoms with Gasteiger partial charge in [0.1, 0.15) is 0 Å². The van der Waals surface area contributed by atoms with Gasteiger partial charge in [0.25, 0.3) is 0 Å². The van der Waals surface area contributed by atoms with Gasteiger partial charge in [0.15, 0.2) is 10.9 Å². The fourth-order valence-corrected chi connectivity index (χ4v) is 1.76. The summed E-state index contributed by atoms with van der Waals surface area (Å²) in [5.74, 6) is -0.516. The van der Waals surface area contributed by atoms with Gasteiger partial charge in [-0.2, -0.15) is 0 Å². The second-order valence-electron chi connectivity index (χ2n) is 3.56. The fraction of sp³-hybridized carbons (Fsp3) is 0.364. The summed E-state index contributed by atoms with van der Waals surface area (Å²) in [7, 11) is 1.60. The van der Waals surface area contributed by atoms with Gasteiger partial charge in [0.2, 0.25) is 0 Å². The van der Waals surface area contributed by atoms with Gasteiger partial charge >= 0.3 is 0 Å². The van der Waals surface area contributed by atoms with E-state index in [1.54, 1.807) is 19.2 Å². The first kappa shape index (κ1) is 14.2. The van der Waals surface area contributed by atoms with Gasteiger partial charge in [-0.3, -0.25) is 0 Å². The number of ether oxygens (including phenoxy) is 1. The lowest BCUT2D eigenvalue weighted by molar-refractivity contribution is 0.179. The molecule has 0 aliphatic rings. The average Bonchev–Trinajstić information content (AvgIpc) is 2.25. The standard InChI is InChI=1S/C11H14ClFN2OS/c1-7(6-16-2)14-11(17)15-9-5-3-4-8(12)10(9)13/h3-5,7H,6H2,1-2H3,(H2,14,15,17). The smallest absolute Gasteiger partial charge is 0.171 e. The molecule has 1 unspecified atom stereocenters. The predicted octanol–water partition coefficient (Wildman–Crippen LogP) is 2.80. The number of anilines is 1. The van der Waals surface area contributed by atoms with E-state index in [0.717, 1.165) is 0 Å². The minimum Gasteiger partial charge on any atom is -0.383 e. The van der Waals surface area contributed by atoms with Crippen molar-refractivity contribution >= 4 is 34.6 Å². The topological polar surface area (TPSA) is 33.3 Å². The van der Waals surface area contributed by atoms with E-state index >= 15 is 0 Å². The number of hydrogen-bond donors (Lipinski definition) is 2. The van der Waals surface area contributed by atoms with Gasteiger partial charge in [-0.15, -0.1) is 0 Å². The quantitative estimate of drug-likeness (QED) is 0.829. The molecule has 1 atom stereocenters. The lowest BCUT2D eigenvalue weighted by Crippen LogP contribution is -2.38. The van der Waals surface area contributed by atoms with E-state index in [-0.39, 0.29) is 16.8 Å². The molecule has 94 valence electrons. The van der Waals surface area contributed by atoms with E-state index in [1.165, 1.54) is 6.07 Å². The van der Waals surface area contributed by atoms with Crippen LogP contribution in [0.25, 0.3) is 0 Å². The Bertz CT molecular complexity index is 403. The second kappa shape index (κ2) is 6.74. The molecule has 6 heteroatoms. The lowest BCUT2D eigenvalue weighted by atomic mass is 10.3. The maximum atomic E-state index is 13.5. The van der Waals surface area contributed by atoms with E-state index < -0.39 is 5.82 Å². The summed E-state index contributed by atoms with van der Waals surface area (Å²) in [5, 5.41) is 6.09. The van der Waals surface area contributed by atoms with Gasteiger partial charge in [0.05, 0.1) is 17.3 Å². The number of rotatable bonds is 4. The zero-order chi connectivity index (χ0) is 12.8. The number of methoxy groups -OCH3 is 1. The number of halogens is 2. The largest absolute Gasteiger partial charge is 0.383 e. The second-order valence-corrected chi connectivity index (χ2v) is 4.37. The molecule has 0 aliphatic heterocycles. The zero-order valence-electron chi connectivity index (χ0n) is 9.59. The van der Waals surface area contributed by atoms with Crippen LogP contribution in [0.15, 0.2) is 18.2 Å². The molecule has 17 heavy (non-hydrogen) atoms. The summed E-state index contributed by atoms with van der Waals surface area (Å²) < 4.78 is 18.5. The van der Waals surface area contributed by atoms with Crippen molar-refractivity contribution in [3.63, 3.8) is 0 Å². The maximum absolute atomic E-state index is 13.5. The van der Waals surface area contributed by atoms with E-state index in [9.17, 15) is 4.39 Å².